The number of rotatable bonds is 12. The number of esters is 1. The van der Waals surface area contributed by atoms with Gasteiger partial charge in [-0.3, -0.25) is 9.59 Å². The van der Waals surface area contributed by atoms with Crippen LogP contribution in [-0.4, -0.2) is 126 Å². The van der Waals surface area contributed by atoms with Crippen LogP contribution >= 0.6 is 0 Å². The van der Waals surface area contributed by atoms with E-state index in [2.05, 4.69) is 14.7 Å². The summed E-state index contributed by atoms with van der Waals surface area (Å²) in [5.74, 6) is 0.387. The number of isocyanates is 2. The number of cyclic esters (lactones) is 1. The van der Waals surface area contributed by atoms with Crippen molar-refractivity contribution in [2.24, 2.45) is 33.0 Å². The number of nitrogens with two attached hydrogens (primary N) is 1. The Morgan fingerprint density at radius 2 is 1.28 bits per heavy atom. The molecular weight excluding hydrogens is 618 g/mol. The summed E-state index contributed by atoms with van der Waals surface area (Å²) in [6, 6.07) is 0.456. The number of ether oxygens (including phenoxy) is 2. The van der Waals surface area contributed by atoms with Gasteiger partial charge in [-0.1, -0.05) is 0 Å². The van der Waals surface area contributed by atoms with Crippen LogP contribution in [0.2, 0.25) is 0 Å². The minimum Gasteiger partial charge on any atom is -0.481 e. The molecule has 0 spiro atoms. The lowest BCUT2D eigenvalue weighted by Gasteiger charge is -2.31. The third-order valence-electron chi connectivity index (χ3n) is 7.87. The van der Waals surface area contributed by atoms with E-state index in [9.17, 15) is 19.2 Å². The quantitative estimate of drug-likeness (QED) is 0.0665. The summed E-state index contributed by atoms with van der Waals surface area (Å²) < 4.78 is 9.40. The van der Waals surface area contributed by atoms with Gasteiger partial charge in [-0.2, -0.15) is 0 Å². The van der Waals surface area contributed by atoms with E-state index in [-0.39, 0.29) is 37.9 Å². The second kappa shape index (κ2) is 32.0. The number of aliphatic carboxylic acids is 1. The van der Waals surface area contributed by atoms with Gasteiger partial charge in [0.25, 0.3) is 0 Å². The Morgan fingerprint density at radius 3 is 1.60 bits per heavy atom. The standard InChI is InChI=1S/C15H22N2O2.C6H10O2.C5H10O4.C4H10O3.C2H7NO/c18-10-16-14-5-1-12(2-6-14)9-13-3-7-15(8-4-13)17-11-19;7-6-4-2-1-3-5-8-6;1-5(2-6,3-7)4(8)9;5-1-3-7-4-2-6;3-1-2-4/h12-15H,1-9H2;1-5H2;6-7H,2-3H2,1H3,(H,8,9);5-6H,1-4H2;4H,1-3H2. The molecule has 2 aliphatic carbocycles. The van der Waals surface area contributed by atoms with Gasteiger partial charge in [0, 0.05) is 13.0 Å². The van der Waals surface area contributed by atoms with Gasteiger partial charge >= 0.3 is 11.9 Å². The fraction of sp³-hybridized carbons (Fsp3) is 0.875. The van der Waals surface area contributed by atoms with Crippen LogP contribution in [0.15, 0.2) is 9.98 Å². The Kier molecular flexibility index (Phi) is 31.7. The van der Waals surface area contributed by atoms with Crippen molar-refractivity contribution < 1.29 is 59.3 Å². The van der Waals surface area contributed by atoms with E-state index in [4.69, 9.17) is 41.1 Å². The summed E-state index contributed by atoms with van der Waals surface area (Å²) in [4.78, 5) is 48.8. The van der Waals surface area contributed by atoms with Crippen LogP contribution in [0.4, 0.5) is 0 Å². The van der Waals surface area contributed by atoms with Crippen LogP contribution in [0, 0.1) is 17.3 Å². The van der Waals surface area contributed by atoms with Crippen molar-refractivity contribution in [3.63, 3.8) is 0 Å². The maximum Gasteiger partial charge on any atom is 0.314 e. The molecule has 1 saturated heterocycles. The highest BCUT2D eigenvalue weighted by molar-refractivity contribution is 5.74. The number of hydrogen-bond donors (Lipinski definition) is 7. The molecule has 1 heterocycles. The van der Waals surface area contributed by atoms with Crippen LogP contribution in [-0.2, 0) is 28.7 Å². The number of nitrogens with zero attached hydrogens (tertiary/aromatic N) is 2. The van der Waals surface area contributed by atoms with Gasteiger partial charge in [0.2, 0.25) is 12.2 Å². The number of carboxylic acid groups (broad SMARTS) is 1. The second-order valence-electron chi connectivity index (χ2n) is 11.8. The normalized spacial score (nSPS) is 22.1. The predicted octanol–water partition coefficient (Wildman–Crippen LogP) is 1.26. The topological polar surface area (TPSA) is 259 Å². The highest BCUT2D eigenvalue weighted by Gasteiger charge is 2.31. The fourth-order valence-electron chi connectivity index (χ4n) is 4.86. The predicted molar refractivity (Wildman–Crippen MR) is 173 cm³/mol. The lowest BCUT2D eigenvalue weighted by Crippen LogP contribution is -2.35. The Balaban J connectivity index is 0. The number of hydrogen-bond acceptors (Lipinski definition) is 14. The molecule has 15 heteroatoms. The monoisotopic (exact) mass is 677 g/mol. The van der Waals surface area contributed by atoms with Crippen molar-refractivity contribution in [2.45, 2.75) is 102 Å². The van der Waals surface area contributed by atoms with Crippen molar-refractivity contribution in [1.82, 2.24) is 0 Å². The van der Waals surface area contributed by atoms with E-state index < -0.39 is 24.6 Å². The number of carbonyl (C=O) groups excluding carboxylic acids is 3. The molecule has 8 N–H and O–H groups in total. The van der Waals surface area contributed by atoms with Gasteiger partial charge in [0.15, 0.2) is 0 Å². The van der Waals surface area contributed by atoms with Gasteiger partial charge < -0.3 is 45.8 Å². The molecule has 274 valence electrons. The van der Waals surface area contributed by atoms with Gasteiger partial charge in [0.05, 0.1) is 64.9 Å². The molecule has 0 atom stereocenters. The maximum absolute atomic E-state index is 10.5. The third kappa shape index (κ3) is 26.1. The number of carbonyl (C=O) groups is 2. The first-order valence-electron chi connectivity index (χ1n) is 16.5. The highest BCUT2D eigenvalue weighted by Crippen LogP contribution is 2.36. The molecule has 3 rings (SSSR count). The minimum atomic E-state index is -1.39. The molecule has 0 radical (unpaired) electrons. The molecule has 47 heavy (non-hydrogen) atoms. The smallest absolute Gasteiger partial charge is 0.314 e. The van der Waals surface area contributed by atoms with Crippen molar-refractivity contribution >= 4 is 24.1 Å². The van der Waals surface area contributed by atoms with Crippen LogP contribution in [0.25, 0.3) is 0 Å². The SMILES string of the molecule is CC(CO)(CO)C(=O)O.NCCO.O=C1CCCCCO1.O=C=NC1CCC(CC2CCC(N=C=O)CC2)CC1.OCCOCCO. The number of carboxylic acids is 1. The van der Waals surface area contributed by atoms with E-state index >= 15 is 0 Å². The Labute approximate surface area is 278 Å². The first kappa shape index (κ1) is 46.5. The average Bonchev–Trinajstić information content (AvgIpc) is 3.35. The molecule has 3 fully saturated rings. The zero-order valence-electron chi connectivity index (χ0n) is 28.0. The first-order chi connectivity index (χ1) is 22.6. The van der Waals surface area contributed by atoms with E-state index in [1.807, 2.05) is 0 Å². The summed E-state index contributed by atoms with van der Waals surface area (Å²) in [7, 11) is 0. The Hall–Kier alpha value is -2.58. The van der Waals surface area contributed by atoms with Crippen LogP contribution in [0.3, 0.4) is 0 Å². The van der Waals surface area contributed by atoms with Crippen molar-refractivity contribution in [2.75, 3.05) is 59.4 Å². The second-order valence-corrected chi connectivity index (χ2v) is 11.8. The summed E-state index contributed by atoms with van der Waals surface area (Å²) >= 11 is 0. The summed E-state index contributed by atoms with van der Waals surface area (Å²) in [5, 5.41) is 49.1. The number of aliphatic hydroxyl groups is 5. The molecule has 0 unspecified atom stereocenters. The van der Waals surface area contributed by atoms with Gasteiger partial charge in [-0.25, -0.2) is 19.6 Å². The van der Waals surface area contributed by atoms with Gasteiger partial charge in [-0.05, 0) is 95.8 Å². The zero-order chi connectivity index (χ0) is 35.8. The fourth-order valence-corrected chi connectivity index (χ4v) is 4.86. The lowest BCUT2D eigenvalue weighted by molar-refractivity contribution is -0.153. The van der Waals surface area contributed by atoms with Crippen LogP contribution in [0.5, 0.6) is 0 Å². The Bertz CT molecular complexity index is 809. The molecule has 0 aromatic carbocycles. The minimum absolute atomic E-state index is 0.0255. The maximum atomic E-state index is 10.5. The molecule has 2 saturated carbocycles. The molecule has 15 nitrogen and oxygen atoms in total. The van der Waals surface area contributed by atoms with Crippen molar-refractivity contribution in [3.8, 4) is 0 Å². The number of aliphatic hydroxyl groups excluding tert-OH is 5. The van der Waals surface area contributed by atoms with E-state index in [0.29, 0.717) is 32.8 Å². The molecule has 0 bridgehead atoms. The van der Waals surface area contributed by atoms with Crippen molar-refractivity contribution in [1.29, 1.82) is 0 Å². The molecular formula is C32H59N3O12. The summed E-state index contributed by atoms with van der Waals surface area (Å²) in [6.07, 6.45) is 17.5. The van der Waals surface area contributed by atoms with Gasteiger partial charge in [-0.15, -0.1) is 0 Å². The van der Waals surface area contributed by atoms with E-state index in [0.717, 1.165) is 56.8 Å². The molecule has 3 aliphatic rings. The van der Waals surface area contributed by atoms with Crippen LogP contribution < -0.4 is 5.73 Å². The Morgan fingerprint density at radius 1 is 0.830 bits per heavy atom. The molecule has 0 aromatic rings. The highest BCUT2D eigenvalue weighted by atomic mass is 16.5. The molecule has 0 aromatic heterocycles. The van der Waals surface area contributed by atoms with Crippen molar-refractivity contribution in [3.05, 3.63) is 0 Å². The largest absolute Gasteiger partial charge is 0.481 e. The average molecular weight is 678 g/mol. The lowest BCUT2D eigenvalue weighted by atomic mass is 9.76. The molecule has 1 aliphatic heterocycles. The van der Waals surface area contributed by atoms with E-state index in [1.54, 1.807) is 12.2 Å². The molecule has 0 amide bonds. The zero-order valence-corrected chi connectivity index (χ0v) is 28.0. The first-order valence-corrected chi connectivity index (χ1v) is 16.5. The number of aliphatic imine (C=N–C) groups is 2. The van der Waals surface area contributed by atoms with Crippen LogP contribution in [0.1, 0.15) is 90.4 Å². The van der Waals surface area contributed by atoms with E-state index in [1.165, 1.54) is 39.0 Å². The summed E-state index contributed by atoms with van der Waals surface area (Å²) in [5.41, 5.74) is 3.39. The summed E-state index contributed by atoms with van der Waals surface area (Å²) in [6.45, 7) is 1.99. The third-order valence-corrected chi connectivity index (χ3v) is 7.87. The van der Waals surface area contributed by atoms with Gasteiger partial charge in [0.1, 0.15) is 5.41 Å².